The number of unbranched alkanes of at least 4 members (excludes halogenated alkanes) is 7. The van der Waals surface area contributed by atoms with Crippen LogP contribution in [-0.4, -0.2) is 17.0 Å². The zero-order valence-corrected chi connectivity index (χ0v) is 15.3. The molecule has 0 heterocycles. The quantitative estimate of drug-likeness (QED) is 0.266. The first kappa shape index (κ1) is 20.7. The minimum absolute atomic E-state index is 0.290. The van der Waals surface area contributed by atoms with Crippen LogP contribution < -0.4 is 0 Å². The number of hydrogen-bond donors (Lipinski definition) is 1. The van der Waals surface area contributed by atoms with E-state index in [1.165, 1.54) is 25.7 Å². The number of allylic oxidation sites excluding steroid dienone is 3. The lowest BCUT2D eigenvalue weighted by Crippen LogP contribution is -2.13. The summed E-state index contributed by atoms with van der Waals surface area (Å²) in [6.07, 6.45) is 18.2. The number of carbonyl (C=O) groups is 1. The zero-order valence-electron chi connectivity index (χ0n) is 15.3. The average molecular weight is 334 g/mol. The third kappa shape index (κ3) is 9.08. The highest BCUT2D eigenvalue weighted by Crippen LogP contribution is 2.32. The van der Waals surface area contributed by atoms with Gasteiger partial charge in [-0.2, -0.15) is 0 Å². The van der Waals surface area contributed by atoms with Crippen molar-refractivity contribution in [2.45, 2.75) is 90.4 Å². The van der Waals surface area contributed by atoms with Crippen molar-refractivity contribution < 1.29 is 14.7 Å². The summed E-state index contributed by atoms with van der Waals surface area (Å²) in [7, 11) is 0. The molecule has 0 fully saturated rings. The predicted molar refractivity (Wildman–Crippen MR) is 98.7 cm³/mol. The van der Waals surface area contributed by atoms with Crippen LogP contribution in [0.4, 0.5) is 0 Å². The Labute approximate surface area is 147 Å². The highest BCUT2D eigenvalue weighted by molar-refractivity contribution is 5.66. The highest BCUT2D eigenvalue weighted by Gasteiger charge is 2.21. The molecule has 2 unspecified atom stereocenters. The van der Waals surface area contributed by atoms with Crippen LogP contribution in [0.5, 0.6) is 0 Å². The molecule has 2 atom stereocenters. The Balaban J connectivity index is 2.19. The highest BCUT2D eigenvalue weighted by atomic mass is 16.4. The number of rotatable bonds is 13. The Morgan fingerprint density at radius 1 is 1.04 bits per heavy atom. The smallest absolute Gasteiger partial charge is 0.303 e. The van der Waals surface area contributed by atoms with E-state index in [4.69, 9.17) is 5.11 Å². The maximum absolute atomic E-state index is 11.3. The van der Waals surface area contributed by atoms with Crippen molar-refractivity contribution >= 4 is 11.9 Å². The maximum Gasteiger partial charge on any atom is 0.303 e. The molecule has 0 aromatic heterocycles. The van der Waals surface area contributed by atoms with Crippen LogP contribution in [0.15, 0.2) is 17.7 Å². The molecule has 0 spiro atoms. The van der Waals surface area contributed by atoms with Gasteiger partial charge in [-0.05, 0) is 31.6 Å². The monoisotopic (exact) mass is 334 g/mol. The first-order valence-electron chi connectivity index (χ1n) is 9.81. The van der Waals surface area contributed by atoms with E-state index in [1.807, 2.05) is 0 Å². The fourth-order valence-electron chi connectivity index (χ4n) is 3.50. The lowest BCUT2D eigenvalue weighted by molar-refractivity contribution is -0.137. The second kappa shape index (κ2) is 13.0. The second-order valence-corrected chi connectivity index (χ2v) is 7.13. The van der Waals surface area contributed by atoms with Crippen LogP contribution in [0.1, 0.15) is 90.4 Å². The predicted octanol–water partition coefficient (Wildman–Crippen LogP) is 5.72. The third-order valence-electron chi connectivity index (χ3n) is 5.01. The van der Waals surface area contributed by atoms with E-state index in [0.717, 1.165) is 56.9 Å². The molecule has 0 saturated carbocycles. The number of aliphatic carboxylic acids is 1. The third-order valence-corrected chi connectivity index (χ3v) is 5.01. The minimum atomic E-state index is -0.695. The Bertz CT molecular complexity index is 432. The molecule has 0 aromatic carbocycles. The topological polar surface area (TPSA) is 54.4 Å². The van der Waals surface area contributed by atoms with Crippen LogP contribution in [0.3, 0.4) is 0 Å². The molecule has 0 bridgehead atoms. The summed E-state index contributed by atoms with van der Waals surface area (Å²) in [5.41, 5.74) is 0.973. The SMILES string of the molecule is CCCCCCC1C=CC(CCCCCCCC(=O)O)CC1=C=O. The Hall–Kier alpha value is -1.34. The lowest BCUT2D eigenvalue weighted by Gasteiger charge is -2.24. The summed E-state index contributed by atoms with van der Waals surface area (Å²) in [5.74, 6) is 2.34. The number of carboxylic acids is 1. The molecule has 3 heteroatoms. The van der Waals surface area contributed by atoms with E-state index in [0.29, 0.717) is 18.3 Å². The molecule has 0 saturated heterocycles. The lowest BCUT2D eigenvalue weighted by atomic mass is 9.80. The Morgan fingerprint density at radius 3 is 2.42 bits per heavy atom. The van der Waals surface area contributed by atoms with Gasteiger partial charge in [0, 0.05) is 17.9 Å². The van der Waals surface area contributed by atoms with Crippen molar-refractivity contribution in [3.8, 4) is 0 Å². The molecule has 0 aromatic rings. The molecule has 0 aliphatic heterocycles. The molecule has 1 aliphatic rings. The van der Waals surface area contributed by atoms with Gasteiger partial charge in [-0.1, -0.05) is 70.4 Å². The normalized spacial score (nSPS) is 20.1. The van der Waals surface area contributed by atoms with Crippen molar-refractivity contribution in [1.29, 1.82) is 0 Å². The minimum Gasteiger partial charge on any atom is -0.481 e. The molecular formula is C21H34O3. The standard InChI is InChI=1S/C21H34O3/c1-2-3-4-9-12-19-15-14-18(16-20(19)17-22)11-8-6-5-7-10-13-21(23)24/h14-15,18-19H,2-13,16H2,1H3,(H,23,24). The molecule has 1 aliphatic carbocycles. The molecule has 3 nitrogen and oxygen atoms in total. The summed E-state index contributed by atoms with van der Waals surface area (Å²) in [6.45, 7) is 2.22. The second-order valence-electron chi connectivity index (χ2n) is 7.13. The average Bonchev–Trinajstić information content (AvgIpc) is 2.58. The summed E-state index contributed by atoms with van der Waals surface area (Å²) in [5, 5.41) is 8.60. The summed E-state index contributed by atoms with van der Waals surface area (Å²) in [4.78, 5) is 21.7. The van der Waals surface area contributed by atoms with E-state index < -0.39 is 5.97 Å². The maximum atomic E-state index is 11.3. The van der Waals surface area contributed by atoms with E-state index >= 15 is 0 Å². The van der Waals surface area contributed by atoms with Crippen molar-refractivity contribution in [3.05, 3.63) is 17.7 Å². The molecule has 24 heavy (non-hydrogen) atoms. The van der Waals surface area contributed by atoms with Crippen LogP contribution in [0.25, 0.3) is 0 Å². The fraction of sp³-hybridized carbons (Fsp3) is 0.762. The van der Waals surface area contributed by atoms with Crippen LogP contribution in [-0.2, 0) is 9.59 Å². The summed E-state index contributed by atoms with van der Waals surface area (Å²) in [6, 6.07) is 0. The Kier molecular flexibility index (Phi) is 11.2. The molecular weight excluding hydrogens is 300 g/mol. The molecule has 0 radical (unpaired) electrons. The number of carboxylic acid groups (broad SMARTS) is 1. The van der Waals surface area contributed by atoms with Gasteiger partial charge in [0.05, 0.1) is 0 Å². The molecule has 1 rings (SSSR count). The van der Waals surface area contributed by atoms with Crippen molar-refractivity contribution in [2.75, 3.05) is 0 Å². The van der Waals surface area contributed by atoms with Gasteiger partial charge in [0.15, 0.2) is 0 Å². The van der Waals surface area contributed by atoms with E-state index in [1.54, 1.807) is 0 Å². The van der Waals surface area contributed by atoms with Crippen molar-refractivity contribution in [3.63, 3.8) is 0 Å². The van der Waals surface area contributed by atoms with Gasteiger partial charge in [0.2, 0.25) is 0 Å². The van der Waals surface area contributed by atoms with Gasteiger partial charge >= 0.3 is 5.97 Å². The van der Waals surface area contributed by atoms with Crippen LogP contribution >= 0.6 is 0 Å². The van der Waals surface area contributed by atoms with Crippen LogP contribution in [0.2, 0.25) is 0 Å². The van der Waals surface area contributed by atoms with E-state index in [-0.39, 0.29) is 0 Å². The first-order valence-corrected chi connectivity index (χ1v) is 9.81. The largest absolute Gasteiger partial charge is 0.481 e. The zero-order chi connectivity index (χ0) is 17.6. The van der Waals surface area contributed by atoms with Gasteiger partial charge < -0.3 is 5.11 Å². The number of carbonyl (C=O) groups excluding carboxylic acids is 1. The summed E-state index contributed by atoms with van der Waals surface area (Å²) < 4.78 is 0. The van der Waals surface area contributed by atoms with E-state index in [9.17, 15) is 9.59 Å². The molecule has 136 valence electrons. The fourth-order valence-corrected chi connectivity index (χ4v) is 3.50. The van der Waals surface area contributed by atoms with Crippen molar-refractivity contribution in [2.24, 2.45) is 11.8 Å². The van der Waals surface area contributed by atoms with Gasteiger partial charge in [-0.3, -0.25) is 4.79 Å². The van der Waals surface area contributed by atoms with Gasteiger partial charge in [0.1, 0.15) is 5.94 Å². The Morgan fingerprint density at radius 2 is 1.71 bits per heavy atom. The van der Waals surface area contributed by atoms with Crippen molar-refractivity contribution in [1.82, 2.24) is 0 Å². The number of hydrogen-bond acceptors (Lipinski definition) is 2. The van der Waals surface area contributed by atoms with Gasteiger partial charge in [0.25, 0.3) is 0 Å². The summed E-state index contributed by atoms with van der Waals surface area (Å²) >= 11 is 0. The van der Waals surface area contributed by atoms with Gasteiger partial charge in [-0.15, -0.1) is 0 Å². The first-order chi connectivity index (χ1) is 11.7. The molecule has 0 amide bonds. The van der Waals surface area contributed by atoms with Crippen LogP contribution in [0, 0.1) is 11.8 Å². The van der Waals surface area contributed by atoms with Gasteiger partial charge in [-0.25, -0.2) is 4.79 Å². The molecule has 1 N–H and O–H groups in total. The van der Waals surface area contributed by atoms with E-state index in [2.05, 4.69) is 25.0 Å².